The van der Waals surface area contributed by atoms with E-state index >= 15 is 0 Å². The third kappa shape index (κ3) is 2.95. The Bertz CT molecular complexity index is 611. The minimum Gasteiger partial charge on any atom is -0.474 e. The zero-order valence-corrected chi connectivity index (χ0v) is 13.8. The molecule has 0 aromatic heterocycles. The van der Waals surface area contributed by atoms with Crippen LogP contribution in [-0.2, 0) is 16.6 Å². The number of halogens is 1. The van der Waals surface area contributed by atoms with Gasteiger partial charge < -0.3 is 4.74 Å². The van der Waals surface area contributed by atoms with Crippen molar-refractivity contribution in [1.29, 1.82) is 0 Å². The fraction of sp³-hybridized carbons (Fsp3) is 0.571. The van der Waals surface area contributed by atoms with Crippen LogP contribution in [0.4, 0.5) is 0 Å². The monoisotopic (exact) mass is 317 g/mol. The standard InChI is InChI=1S/C14H20ClNO3S/c1-9(2)11-5-12-7-16(10(3)4)20(17,18)8-19-14(12)13(15)6-11/h5-6,9-10H,7-8H2,1-4H3. The van der Waals surface area contributed by atoms with Crippen LogP contribution in [0.1, 0.15) is 44.7 Å². The minimum atomic E-state index is -3.42. The highest BCUT2D eigenvalue weighted by atomic mass is 35.5. The van der Waals surface area contributed by atoms with E-state index in [1.54, 1.807) is 0 Å². The molecule has 1 aliphatic heterocycles. The van der Waals surface area contributed by atoms with E-state index < -0.39 is 10.0 Å². The van der Waals surface area contributed by atoms with Gasteiger partial charge in [0.1, 0.15) is 5.75 Å². The van der Waals surface area contributed by atoms with E-state index in [4.69, 9.17) is 16.3 Å². The van der Waals surface area contributed by atoms with E-state index in [1.165, 1.54) is 4.31 Å². The summed E-state index contributed by atoms with van der Waals surface area (Å²) in [6.07, 6.45) is 0. The molecule has 2 rings (SSSR count). The van der Waals surface area contributed by atoms with E-state index in [-0.39, 0.29) is 12.0 Å². The van der Waals surface area contributed by atoms with Crippen LogP contribution >= 0.6 is 11.6 Å². The summed E-state index contributed by atoms with van der Waals surface area (Å²) in [4.78, 5) is 0. The van der Waals surface area contributed by atoms with Crippen molar-refractivity contribution in [1.82, 2.24) is 4.31 Å². The first-order valence-electron chi connectivity index (χ1n) is 6.67. The zero-order chi connectivity index (χ0) is 15.1. The molecule has 1 aromatic carbocycles. The maximum Gasteiger partial charge on any atom is 0.250 e. The maximum atomic E-state index is 12.2. The molecule has 0 N–H and O–H groups in total. The highest BCUT2D eigenvalue weighted by Gasteiger charge is 2.31. The molecule has 0 aliphatic carbocycles. The van der Waals surface area contributed by atoms with Gasteiger partial charge in [-0.05, 0) is 31.4 Å². The van der Waals surface area contributed by atoms with E-state index in [1.807, 2.05) is 26.0 Å². The molecule has 0 saturated carbocycles. The molecule has 0 bridgehead atoms. The second-order valence-corrected chi connectivity index (χ2v) is 7.93. The van der Waals surface area contributed by atoms with Gasteiger partial charge in [0.2, 0.25) is 16.0 Å². The highest BCUT2D eigenvalue weighted by Crippen LogP contribution is 2.36. The van der Waals surface area contributed by atoms with E-state index in [2.05, 4.69) is 13.8 Å². The Balaban J connectivity index is 2.53. The molecule has 112 valence electrons. The van der Waals surface area contributed by atoms with Gasteiger partial charge in [-0.2, -0.15) is 4.31 Å². The number of rotatable bonds is 2. The highest BCUT2D eigenvalue weighted by molar-refractivity contribution is 7.88. The molecule has 4 nitrogen and oxygen atoms in total. The number of sulfonamides is 1. The molecular formula is C14H20ClNO3S. The average Bonchev–Trinajstić information content (AvgIpc) is 2.46. The molecule has 1 heterocycles. The van der Waals surface area contributed by atoms with Crippen molar-refractivity contribution >= 4 is 21.6 Å². The summed E-state index contributed by atoms with van der Waals surface area (Å²) < 4.78 is 31.3. The molecule has 0 unspecified atom stereocenters. The van der Waals surface area contributed by atoms with E-state index in [0.29, 0.717) is 23.2 Å². The number of hydrogen-bond donors (Lipinski definition) is 0. The summed E-state index contributed by atoms with van der Waals surface area (Å²) in [6, 6.07) is 3.72. The Kier molecular flexibility index (Phi) is 4.33. The summed E-state index contributed by atoms with van der Waals surface area (Å²) in [5.41, 5.74) is 1.91. The Morgan fingerprint density at radius 2 is 1.90 bits per heavy atom. The number of nitrogens with zero attached hydrogens (tertiary/aromatic N) is 1. The first-order valence-corrected chi connectivity index (χ1v) is 8.65. The van der Waals surface area contributed by atoms with Gasteiger partial charge in [0, 0.05) is 18.2 Å². The Labute approximate surface area is 125 Å². The second-order valence-electron chi connectivity index (χ2n) is 5.66. The molecule has 0 spiro atoms. The lowest BCUT2D eigenvalue weighted by Gasteiger charge is -2.23. The summed E-state index contributed by atoms with van der Waals surface area (Å²) >= 11 is 6.25. The van der Waals surface area contributed by atoms with Gasteiger partial charge in [-0.3, -0.25) is 0 Å². The number of benzene rings is 1. The molecule has 1 aromatic rings. The topological polar surface area (TPSA) is 46.6 Å². The number of fused-ring (bicyclic) bond motifs is 1. The van der Waals surface area contributed by atoms with Crippen LogP contribution in [0.25, 0.3) is 0 Å². The lowest BCUT2D eigenvalue weighted by Crippen LogP contribution is -2.37. The van der Waals surface area contributed by atoms with Crippen LogP contribution in [0.15, 0.2) is 12.1 Å². The molecule has 20 heavy (non-hydrogen) atoms. The molecule has 0 atom stereocenters. The second kappa shape index (κ2) is 5.54. The molecule has 0 amide bonds. The van der Waals surface area contributed by atoms with Crippen molar-refractivity contribution in [3.05, 3.63) is 28.3 Å². The van der Waals surface area contributed by atoms with E-state index in [9.17, 15) is 8.42 Å². The van der Waals surface area contributed by atoms with Crippen molar-refractivity contribution in [3.8, 4) is 5.75 Å². The Hall–Kier alpha value is -0.780. The van der Waals surface area contributed by atoms with Gasteiger partial charge in [0.15, 0.2) is 0 Å². The van der Waals surface area contributed by atoms with Crippen molar-refractivity contribution in [2.45, 2.75) is 46.2 Å². The Morgan fingerprint density at radius 3 is 2.45 bits per heavy atom. The summed E-state index contributed by atoms with van der Waals surface area (Å²) in [7, 11) is -3.42. The molecule has 0 radical (unpaired) electrons. The molecule has 6 heteroatoms. The van der Waals surface area contributed by atoms with Crippen LogP contribution in [-0.4, -0.2) is 24.7 Å². The molecule has 1 aliphatic rings. The largest absolute Gasteiger partial charge is 0.474 e. The van der Waals surface area contributed by atoms with Gasteiger partial charge in [-0.15, -0.1) is 0 Å². The fourth-order valence-corrected chi connectivity index (χ4v) is 3.94. The predicted octanol–water partition coefficient (Wildman–Crippen LogP) is 3.35. The van der Waals surface area contributed by atoms with Gasteiger partial charge in [0.25, 0.3) is 0 Å². The van der Waals surface area contributed by atoms with Gasteiger partial charge >= 0.3 is 0 Å². The summed E-state index contributed by atoms with van der Waals surface area (Å²) in [6.45, 7) is 8.17. The first kappa shape index (κ1) is 15.6. The summed E-state index contributed by atoms with van der Waals surface area (Å²) in [5.74, 6) is 0.451. The van der Waals surface area contributed by atoms with Crippen LogP contribution < -0.4 is 4.74 Å². The quantitative estimate of drug-likeness (QED) is 0.840. The Morgan fingerprint density at radius 1 is 1.25 bits per heavy atom. The zero-order valence-electron chi connectivity index (χ0n) is 12.2. The maximum absolute atomic E-state index is 12.2. The number of ether oxygens (including phenoxy) is 1. The first-order chi connectivity index (χ1) is 9.22. The van der Waals surface area contributed by atoms with E-state index in [0.717, 1.165) is 11.1 Å². The molecule has 0 fully saturated rings. The van der Waals surface area contributed by atoms with Crippen molar-refractivity contribution < 1.29 is 13.2 Å². The predicted molar refractivity (Wildman–Crippen MR) is 80.6 cm³/mol. The van der Waals surface area contributed by atoms with Gasteiger partial charge in [-0.1, -0.05) is 31.5 Å². The molecular weight excluding hydrogens is 298 g/mol. The lowest BCUT2D eigenvalue weighted by atomic mass is 10.00. The minimum absolute atomic E-state index is 0.115. The lowest BCUT2D eigenvalue weighted by molar-refractivity contribution is 0.338. The number of hydrogen-bond acceptors (Lipinski definition) is 3. The SMILES string of the molecule is CC(C)c1cc(Cl)c2c(c1)CN(C(C)C)S(=O)(=O)CO2. The normalized spacial score (nSPS) is 18.8. The van der Waals surface area contributed by atoms with Crippen molar-refractivity contribution in [3.63, 3.8) is 0 Å². The molecule has 0 saturated heterocycles. The third-order valence-corrected chi connectivity index (χ3v) is 5.38. The fourth-order valence-electron chi connectivity index (χ4n) is 2.26. The van der Waals surface area contributed by atoms with Crippen LogP contribution in [0.3, 0.4) is 0 Å². The van der Waals surface area contributed by atoms with Crippen molar-refractivity contribution in [2.24, 2.45) is 0 Å². The van der Waals surface area contributed by atoms with Gasteiger partial charge in [0.05, 0.1) is 5.02 Å². The van der Waals surface area contributed by atoms with Gasteiger partial charge in [-0.25, -0.2) is 8.42 Å². The third-order valence-electron chi connectivity index (χ3n) is 3.42. The summed E-state index contributed by atoms with van der Waals surface area (Å²) in [5, 5.41) is 0.479. The van der Waals surface area contributed by atoms with Crippen molar-refractivity contribution in [2.75, 3.05) is 5.94 Å². The smallest absolute Gasteiger partial charge is 0.250 e. The average molecular weight is 318 g/mol. The van der Waals surface area contributed by atoms with Crippen LogP contribution in [0.5, 0.6) is 5.75 Å². The van der Waals surface area contributed by atoms with Crippen LogP contribution in [0, 0.1) is 0 Å². The van der Waals surface area contributed by atoms with Crippen LogP contribution in [0.2, 0.25) is 5.02 Å².